The molecule has 0 aliphatic carbocycles. The number of carboxylic acid groups (broad SMARTS) is 1. The highest BCUT2D eigenvalue weighted by Crippen LogP contribution is 2.54. The van der Waals surface area contributed by atoms with Crippen LogP contribution in [0, 0.1) is 0 Å². The second kappa shape index (κ2) is 11.0. The number of aromatic nitrogens is 3. The number of carbonyl (C=O) groups is 3. The van der Waals surface area contributed by atoms with E-state index in [0.29, 0.717) is 16.5 Å². The summed E-state index contributed by atoms with van der Waals surface area (Å²) in [6.07, 6.45) is 4.15. The Morgan fingerprint density at radius 2 is 1.97 bits per heavy atom. The van der Waals surface area contributed by atoms with E-state index in [1.54, 1.807) is 29.9 Å². The lowest BCUT2D eigenvalue weighted by molar-refractivity contribution is -0.137. The molecule has 206 valence electrons. The van der Waals surface area contributed by atoms with Gasteiger partial charge in [0.25, 0.3) is 5.91 Å². The molecule has 1 fully saturated rings. The average molecular weight is 554 g/mol. The van der Waals surface area contributed by atoms with E-state index < -0.39 is 42.1 Å². The van der Waals surface area contributed by atoms with Crippen molar-refractivity contribution in [3.05, 3.63) is 70.2 Å². The van der Waals surface area contributed by atoms with E-state index in [9.17, 15) is 19.5 Å². The van der Waals surface area contributed by atoms with Crippen molar-refractivity contribution >= 4 is 29.3 Å². The summed E-state index contributed by atoms with van der Waals surface area (Å²) in [6, 6.07) is 4.33. The maximum atomic E-state index is 14.4. The fourth-order valence-electron chi connectivity index (χ4n) is 5.10. The molecule has 0 unspecified atom stereocenters. The highest BCUT2D eigenvalue weighted by atomic mass is 32.1. The van der Waals surface area contributed by atoms with Gasteiger partial charge in [0.1, 0.15) is 10.8 Å². The van der Waals surface area contributed by atoms with E-state index in [0.717, 1.165) is 5.56 Å². The molecule has 0 radical (unpaired) electrons. The first-order chi connectivity index (χ1) is 18.5. The predicted molar refractivity (Wildman–Crippen MR) is 143 cm³/mol. The van der Waals surface area contributed by atoms with Crippen molar-refractivity contribution in [2.45, 2.75) is 56.7 Å². The van der Waals surface area contributed by atoms with Gasteiger partial charge in [0.05, 0.1) is 25.3 Å². The van der Waals surface area contributed by atoms with Crippen molar-refractivity contribution in [3.63, 3.8) is 0 Å². The first-order valence-electron chi connectivity index (χ1n) is 12.3. The molecule has 0 bridgehead atoms. The van der Waals surface area contributed by atoms with Crippen molar-refractivity contribution < 1.29 is 29.0 Å². The zero-order valence-corrected chi connectivity index (χ0v) is 23.2. The second-order valence-corrected chi connectivity index (χ2v) is 11.2. The van der Waals surface area contributed by atoms with Crippen molar-refractivity contribution in [1.82, 2.24) is 25.2 Å². The first-order valence-corrected chi connectivity index (χ1v) is 13.2. The van der Waals surface area contributed by atoms with Gasteiger partial charge in [-0.15, -0.1) is 11.3 Å². The highest BCUT2D eigenvalue weighted by molar-refractivity contribution is 7.09. The lowest BCUT2D eigenvalue weighted by Gasteiger charge is -2.38. The fraction of sp³-hybridized carbons (Fsp3) is 0.407. The minimum absolute atomic E-state index is 0.0292. The van der Waals surface area contributed by atoms with Gasteiger partial charge in [-0.05, 0) is 23.1 Å². The van der Waals surface area contributed by atoms with Gasteiger partial charge < -0.3 is 19.9 Å². The monoisotopic (exact) mass is 553 g/mol. The number of methoxy groups -OCH3 is 1. The van der Waals surface area contributed by atoms with Gasteiger partial charge in [0, 0.05) is 55.1 Å². The third kappa shape index (κ3) is 5.56. The molecular weight excluding hydrogens is 522 g/mol. The zero-order chi connectivity index (χ0) is 28.4. The van der Waals surface area contributed by atoms with Crippen LogP contribution in [0.1, 0.15) is 72.2 Å². The van der Waals surface area contributed by atoms with Crippen LogP contribution in [0.3, 0.4) is 0 Å². The Morgan fingerprint density at radius 3 is 2.54 bits per heavy atom. The van der Waals surface area contributed by atoms with Crippen LogP contribution in [0.4, 0.5) is 4.79 Å². The summed E-state index contributed by atoms with van der Waals surface area (Å²) >= 11 is 1.31. The molecular formula is C27H31N5O6S. The molecule has 0 spiro atoms. The number of benzene rings is 1. The zero-order valence-electron chi connectivity index (χ0n) is 22.4. The van der Waals surface area contributed by atoms with Gasteiger partial charge >= 0.3 is 6.16 Å². The minimum atomic E-state index is -1.85. The quantitative estimate of drug-likeness (QED) is 0.413. The second-order valence-electron chi connectivity index (χ2n) is 10.3. The largest absolute Gasteiger partial charge is 0.507 e. The molecule has 2 N–H and O–H groups in total. The van der Waals surface area contributed by atoms with E-state index in [4.69, 9.17) is 9.47 Å². The molecule has 1 aromatic carbocycles. The molecule has 3 heterocycles. The average Bonchev–Trinajstić information content (AvgIpc) is 3.54. The normalized spacial score (nSPS) is 20.9. The van der Waals surface area contributed by atoms with Crippen LogP contribution in [0.5, 0.6) is 5.75 Å². The summed E-state index contributed by atoms with van der Waals surface area (Å²) in [7, 11) is 2.97. The number of likely N-dealkylation sites (tertiary alicyclic amines) is 1. The number of rotatable bonds is 7. The third-order valence-electron chi connectivity index (χ3n) is 6.77. The SMILES string of the molecule is CNC(=O)C[C@@]1(OC(=O)O)C[C@H](c2cnccn2)[C@H](c2nccs2)N1C(=O)c1ccc(C(C)(C)C)c(OC)c1. The Kier molecular flexibility index (Phi) is 7.86. The van der Waals surface area contributed by atoms with Crippen molar-refractivity contribution in [2.24, 2.45) is 0 Å². The topological polar surface area (TPSA) is 144 Å². The van der Waals surface area contributed by atoms with Crippen LogP contribution < -0.4 is 10.1 Å². The third-order valence-corrected chi connectivity index (χ3v) is 7.62. The predicted octanol–water partition coefficient (Wildman–Crippen LogP) is 4.14. The Hall–Kier alpha value is -4.06. The highest BCUT2D eigenvalue weighted by Gasteiger charge is 2.59. The van der Waals surface area contributed by atoms with Gasteiger partial charge in [0.15, 0.2) is 0 Å². The molecule has 4 rings (SSSR count). The van der Waals surface area contributed by atoms with Crippen molar-refractivity contribution in [1.29, 1.82) is 0 Å². The van der Waals surface area contributed by atoms with Crippen LogP contribution in [-0.2, 0) is 14.9 Å². The summed E-state index contributed by atoms with van der Waals surface area (Å²) in [5, 5.41) is 14.7. The van der Waals surface area contributed by atoms with Gasteiger partial charge in [-0.25, -0.2) is 9.78 Å². The number of thiazole rings is 1. The molecule has 3 aromatic rings. The Morgan fingerprint density at radius 1 is 1.21 bits per heavy atom. The van der Waals surface area contributed by atoms with Crippen LogP contribution in [0.2, 0.25) is 0 Å². The molecule has 2 amide bonds. The first kappa shape index (κ1) is 28.0. The van der Waals surface area contributed by atoms with E-state index >= 15 is 0 Å². The van der Waals surface area contributed by atoms with E-state index in [1.807, 2.05) is 26.8 Å². The van der Waals surface area contributed by atoms with Crippen molar-refractivity contribution in [2.75, 3.05) is 14.2 Å². The van der Waals surface area contributed by atoms with Gasteiger partial charge in [-0.3, -0.25) is 24.5 Å². The molecule has 1 aliphatic rings. The summed E-state index contributed by atoms with van der Waals surface area (Å²) in [5.74, 6) is -1.08. The molecule has 0 saturated carbocycles. The fourth-order valence-corrected chi connectivity index (χ4v) is 5.89. The molecule has 12 heteroatoms. The van der Waals surface area contributed by atoms with E-state index in [-0.39, 0.29) is 17.4 Å². The van der Waals surface area contributed by atoms with E-state index in [2.05, 4.69) is 20.3 Å². The smallest absolute Gasteiger partial charge is 0.496 e. The number of ether oxygens (including phenoxy) is 2. The maximum absolute atomic E-state index is 14.4. The number of nitrogens with one attached hydrogen (secondary N) is 1. The molecule has 1 aliphatic heterocycles. The number of amides is 2. The number of nitrogens with zero attached hydrogens (tertiary/aromatic N) is 4. The summed E-state index contributed by atoms with van der Waals surface area (Å²) in [6.45, 7) is 6.10. The summed E-state index contributed by atoms with van der Waals surface area (Å²) < 4.78 is 11.1. The van der Waals surface area contributed by atoms with E-state index in [1.165, 1.54) is 42.8 Å². The lowest BCUT2D eigenvalue weighted by Crippen LogP contribution is -2.53. The summed E-state index contributed by atoms with van der Waals surface area (Å²) in [5.41, 5.74) is -0.441. The maximum Gasteiger partial charge on any atom is 0.507 e. The number of hydrogen-bond acceptors (Lipinski definition) is 9. The molecule has 2 aromatic heterocycles. The molecule has 3 atom stereocenters. The molecule has 39 heavy (non-hydrogen) atoms. The van der Waals surface area contributed by atoms with Crippen molar-refractivity contribution in [3.8, 4) is 5.75 Å². The Balaban J connectivity index is 1.94. The molecule has 1 saturated heterocycles. The van der Waals surface area contributed by atoms with Gasteiger partial charge in [-0.2, -0.15) is 0 Å². The minimum Gasteiger partial charge on any atom is -0.496 e. The lowest BCUT2D eigenvalue weighted by atomic mass is 9.85. The standard InChI is InChI=1S/C27H31N5O6S/c1-26(2,3)18-7-6-16(12-20(18)37-5)24(34)32-22(23-31-10-11-39-23)17(19-15-29-8-9-30-19)13-27(32,38-25(35)36)14-21(33)28-4/h6-12,15,17,22H,13-14H2,1-5H3,(H,28,33)(H,35,36)/t17-,22-,27+/m1/s1. The number of carbonyl (C=O) groups excluding carboxylic acids is 2. The number of hydrogen-bond donors (Lipinski definition) is 2. The van der Waals surface area contributed by atoms with Gasteiger partial charge in [0.2, 0.25) is 11.6 Å². The van der Waals surface area contributed by atoms with Crippen LogP contribution in [-0.4, -0.2) is 62.8 Å². The summed E-state index contributed by atoms with van der Waals surface area (Å²) in [4.78, 5) is 53.7. The molecule has 11 nitrogen and oxygen atoms in total. The van der Waals surface area contributed by atoms with Crippen LogP contribution in [0.25, 0.3) is 0 Å². The van der Waals surface area contributed by atoms with Crippen LogP contribution in [0.15, 0.2) is 48.4 Å². The van der Waals surface area contributed by atoms with Crippen LogP contribution >= 0.6 is 11.3 Å². The van der Waals surface area contributed by atoms with Gasteiger partial charge in [-0.1, -0.05) is 26.8 Å². The Labute approximate surface area is 230 Å². The Bertz CT molecular complexity index is 1340.